The Morgan fingerprint density at radius 2 is 1.78 bits per heavy atom. The summed E-state index contributed by atoms with van der Waals surface area (Å²) in [6.45, 7) is 1.71. The van der Waals surface area contributed by atoms with E-state index in [4.69, 9.17) is 5.73 Å². The Balaban J connectivity index is 2.73. The average molecular weight is 252 g/mol. The van der Waals surface area contributed by atoms with Gasteiger partial charge in [0.15, 0.2) is 0 Å². The third-order valence-corrected chi connectivity index (χ3v) is 2.69. The summed E-state index contributed by atoms with van der Waals surface area (Å²) in [5.41, 5.74) is 6.05. The van der Waals surface area contributed by atoms with E-state index in [-0.39, 0.29) is 11.4 Å². The fraction of sp³-hybridized carbons (Fsp3) is 0.154. The molecule has 94 valence electrons. The van der Waals surface area contributed by atoms with E-state index in [1.165, 1.54) is 18.3 Å². The van der Waals surface area contributed by atoms with Crippen molar-refractivity contribution in [3.63, 3.8) is 0 Å². The van der Waals surface area contributed by atoms with Crippen molar-refractivity contribution in [2.24, 2.45) is 0 Å². The maximum absolute atomic E-state index is 12.9. The number of pyridine rings is 1. The number of aromatic nitrogens is 1. The Bertz CT molecular complexity index is 556. The summed E-state index contributed by atoms with van der Waals surface area (Å²) in [7, 11) is 0. The van der Waals surface area contributed by atoms with Gasteiger partial charge in [0.05, 0.1) is 5.56 Å². The molecule has 0 atom stereocenters. The van der Waals surface area contributed by atoms with Gasteiger partial charge >= 0.3 is 6.18 Å². The van der Waals surface area contributed by atoms with Crippen LogP contribution in [0.25, 0.3) is 11.1 Å². The van der Waals surface area contributed by atoms with Crippen LogP contribution in [-0.2, 0) is 6.18 Å². The first kappa shape index (κ1) is 12.4. The number of halogens is 3. The van der Waals surface area contributed by atoms with Crippen LogP contribution in [0, 0.1) is 6.92 Å². The standard InChI is InChI=1S/C13H11F3N2/c1-8-6-7-18-12(17)11(8)9-4-2-3-5-10(9)13(14,15)16/h2-7H,1H3,(H2,17,18). The molecule has 2 nitrogen and oxygen atoms in total. The van der Waals surface area contributed by atoms with Crippen molar-refractivity contribution in [2.45, 2.75) is 13.1 Å². The molecule has 1 aromatic carbocycles. The van der Waals surface area contributed by atoms with Gasteiger partial charge in [0.1, 0.15) is 5.82 Å². The number of benzene rings is 1. The van der Waals surface area contributed by atoms with Crippen LogP contribution in [0.3, 0.4) is 0 Å². The SMILES string of the molecule is Cc1ccnc(N)c1-c1ccccc1C(F)(F)F. The zero-order valence-corrected chi connectivity index (χ0v) is 9.62. The summed E-state index contributed by atoms with van der Waals surface area (Å²) in [6, 6.07) is 6.99. The van der Waals surface area contributed by atoms with E-state index in [0.717, 1.165) is 6.07 Å². The Hall–Kier alpha value is -2.04. The van der Waals surface area contributed by atoms with Crippen molar-refractivity contribution in [2.75, 3.05) is 5.73 Å². The summed E-state index contributed by atoms with van der Waals surface area (Å²) in [6.07, 6.45) is -2.93. The Labute approximate surface area is 102 Å². The van der Waals surface area contributed by atoms with E-state index in [0.29, 0.717) is 11.1 Å². The van der Waals surface area contributed by atoms with E-state index in [9.17, 15) is 13.2 Å². The van der Waals surface area contributed by atoms with Gasteiger partial charge in [-0.1, -0.05) is 18.2 Å². The smallest absolute Gasteiger partial charge is 0.383 e. The second kappa shape index (κ2) is 4.33. The van der Waals surface area contributed by atoms with Gasteiger partial charge in [-0.25, -0.2) is 4.98 Å². The van der Waals surface area contributed by atoms with Crippen LogP contribution in [0.5, 0.6) is 0 Å². The van der Waals surface area contributed by atoms with Crippen molar-refractivity contribution in [3.05, 3.63) is 47.7 Å². The maximum atomic E-state index is 12.9. The van der Waals surface area contributed by atoms with Crippen LogP contribution in [0.4, 0.5) is 19.0 Å². The number of nitrogen functional groups attached to an aromatic ring is 1. The molecule has 0 unspecified atom stereocenters. The third-order valence-electron chi connectivity index (χ3n) is 2.69. The van der Waals surface area contributed by atoms with E-state index in [1.807, 2.05) is 0 Å². The number of hydrogen-bond acceptors (Lipinski definition) is 2. The fourth-order valence-electron chi connectivity index (χ4n) is 1.88. The van der Waals surface area contributed by atoms with Gasteiger partial charge in [-0.15, -0.1) is 0 Å². The Morgan fingerprint density at radius 3 is 2.39 bits per heavy atom. The molecule has 2 rings (SSSR count). The van der Waals surface area contributed by atoms with E-state index in [2.05, 4.69) is 4.98 Å². The lowest BCUT2D eigenvalue weighted by molar-refractivity contribution is -0.137. The monoisotopic (exact) mass is 252 g/mol. The molecule has 18 heavy (non-hydrogen) atoms. The molecule has 2 N–H and O–H groups in total. The van der Waals surface area contributed by atoms with Crippen molar-refractivity contribution in [1.82, 2.24) is 4.98 Å². The zero-order chi connectivity index (χ0) is 13.3. The summed E-state index contributed by atoms with van der Waals surface area (Å²) in [5, 5.41) is 0. The molecular formula is C13H11F3N2. The third kappa shape index (κ3) is 2.16. The first-order valence-corrected chi connectivity index (χ1v) is 5.29. The molecule has 0 aliphatic rings. The lowest BCUT2D eigenvalue weighted by atomic mass is 9.96. The van der Waals surface area contributed by atoms with E-state index in [1.54, 1.807) is 19.1 Å². The minimum Gasteiger partial charge on any atom is -0.383 e. The molecule has 0 aliphatic carbocycles. The quantitative estimate of drug-likeness (QED) is 0.841. The molecule has 2 aromatic rings. The average Bonchev–Trinajstić information content (AvgIpc) is 2.28. The summed E-state index contributed by atoms with van der Waals surface area (Å²) in [4.78, 5) is 3.85. The number of nitrogens with zero attached hydrogens (tertiary/aromatic N) is 1. The molecule has 0 amide bonds. The molecule has 1 heterocycles. The topological polar surface area (TPSA) is 38.9 Å². The predicted molar refractivity (Wildman–Crippen MR) is 63.8 cm³/mol. The second-order valence-corrected chi connectivity index (χ2v) is 3.93. The molecule has 0 fully saturated rings. The van der Waals surface area contributed by atoms with Crippen LogP contribution >= 0.6 is 0 Å². The molecule has 0 saturated carbocycles. The van der Waals surface area contributed by atoms with Crippen LogP contribution in [0.1, 0.15) is 11.1 Å². The highest BCUT2D eigenvalue weighted by Crippen LogP contribution is 2.39. The zero-order valence-electron chi connectivity index (χ0n) is 9.62. The normalized spacial score (nSPS) is 11.6. The largest absolute Gasteiger partial charge is 0.417 e. The van der Waals surface area contributed by atoms with Crippen molar-refractivity contribution in [1.29, 1.82) is 0 Å². The highest BCUT2D eigenvalue weighted by Gasteiger charge is 2.34. The molecule has 0 saturated heterocycles. The minimum atomic E-state index is -4.41. The molecule has 0 aliphatic heterocycles. The molecule has 0 radical (unpaired) electrons. The number of anilines is 1. The summed E-state index contributed by atoms with van der Waals surface area (Å²) >= 11 is 0. The maximum Gasteiger partial charge on any atom is 0.417 e. The van der Waals surface area contributed by atoms with Crippen molar-refractivity contribution in [3.8, 4) is 11.1 Å². The first-order valence-electron chi connectivity index (χ1n) is 5.29. The molecule has 0 bridgehead atoms. The van der Waals surface area contributed by atoms with Crippen LogP contribution in [0.2, 0.25) is 0 Å². The van der Waals surface area contributed by atoms with Gasteiger partial charge in [-0.05, 0) is 30.2 Å². The van der Waals surface area contributed by atoms with Crippen LogP contribution in [0.15, 0.2) is 36.5 Å². The lowest BCUT2D eigenvalue weighted by Gasteiger charge is -2.15. The number of hydrogen-bond donors (Lipinski definition) is 1. The number of rotatable bonds is 1. The minimum absolute atomic E-state index is 0.0631. The van der Waals surface area contributed by atoms with Gasteiger partial charge in [0, 0.05) is 11.8 Å². The number of aryl methyl sites for hydroxylation is 1. The molecule has 0 spiro atoms. The number of alkyl halides is 3. The predicted octanol–water partition coefficient (Wildman–Crippen LogP) is 3.66. The lowest BCUT2D eigenvalue weighted by Crippen LogP contribution is -2.08. The fourth-order valence-corrected chi connectivity index (χ4v) is 1.88. The highest BCUT2D eigenvalue weighted by molar-refractivity contribution is 5.79. The molecule has 1 aromatic heterocycles. The van der Waals surface area contributed by atoms with Gasteiger partial charge in [-0.3, -0.25) is 0 Å². The van der Waals surface area contributed by atoms with Crippen LogP contribution in [-0.4, -0.2) is 4.98 Å². The highest BCUT2D eigenvalue weighted by atomic mass is 19.4. The van der Waals surface area contributed by atoms with Gasteiger partial charge in [0.25, 0.3) is 0 Å². The second-order valence-electron chi connectivity index (χ2n) is 3.93. The number of nitrogens with two attached hydrogens (primary N) is 1. The Morgan fingerprint density at radius 1 is 1.11 bits per heavy atom. The van der Waals surface area contributed by atoms with Crippen LogP contribution < -0.4 is 5.73 Å². The van der Waals surface area contributed by atoms with Gasteiger partial charge < -0.3 is 5.73 Å². The van der Waals surface area contributed by atoms with Gasteiger partial charge in [0.2, 0.25) is 0 Å². The first-order chi connectivity index (χ1) is 8.41. The summed E-state index contributed by atoms with van der Waals surface area (Å²) < 4.78 is 38.8. The van der Waals surface area contributed by atoms with E-state index < -0.39 is 11.7 Å². The van der Waals surface area contributed by atoms with Crippen molar-refractivity contribution >= 4 is 5.82 Å². The van der Waals surface area contributed by atoms with Crippen molar-refractivity contribution < 1.29 is 13.2 Å². The van der Waals surface area contributed by atoms with Gasteiger partial charge in [-0.2, -0.15) is 13.2 Å². The molecule has 5 heteroatoms. The Kier molecular flexibility index (Phi) is 2.98. The summed E-state index contributed by atoms with van der Waals surface area (Å²) in [5.74, 6) is 0.103. The van der Waals surface area contributed by atoms with E-state index >= 15 is 0 Å². The molecular weight excluding hydrogens is 241 g/mol.